The van der Waals surface area contributed by atoms with Crippen molar-refractivity contribution in [1.82, 2.24) is 4.57 Å². The molecule has 48 heavy (non-hydrogen) atoms. The molecule has 2 aliphatic rings. The summed E-state index contributed by atoms with van der Waals surface area (Å²) in [6, 6.07) is 18.4. The van der Waals surface area contributed by atoms with Crippen molar-refractivity contribution in [3.8, 4) is 5.75 Å². The van der Waals surface area contributed by atoms with Gasteiger partial charge in [0.15, 0.2) is 0 Å². The summed E-state index contributed by atoms with van der Waals surface area (Å²) in [7, 11) is 0. The Kier molecular flexibility index (Phi) is 9.20. The van der Waals surface area contributed by atoms with E-state index in [0.717, 1.165) is 28.0 Å². The number of nitrogens with zero attached hydrogens (tertiary/aromatic N) is 2. The molecular formula is C34H29N3O9S2. The van der Waals surface area contributed by atoms with Crippen LogP contribution < -0.4 is 15.1 Å². The quantitative estimate of drug-likeness (QED) is 0.191. The molecule has 0 spiro atoms. The second-order valence-corrected chi connectivity index (χ2v) is 13.0. The van der Waals surface area contributed by atoms with E-state index in [4.69, 9.17) is 9.47 Å². The van der Waals surface area contributed by atoms with E-state index in [-0.39, 0.29) is 36.8 Å². The van der Waals surface area contributed by atoms with Gasteiger partial charge in [0.25, 0.3) is 0 Å². The molecule has 0 bridgehead atoms. The maximum absolute atomic E-state index is 14.1. The van der Waals surface area contributed by atoms with Crippen LogP contribution in [0.3, 0.4) is 0 Å². The van der Waals surface area contributed by atoms with Crippen LogP contribution in [0.15, 0.2) is 82.6 Å². The highest BCUT2D eigenvalue weighted by atomic mass is 32.2. The van der Waals surface area contributed by atoms with Gasteiger partial charge in [-0.05, 0) is 80.1 Å². The van der Waals surface area contributed by atoms with Crippen molar-refractivity contribution in [1.29, 1.82) is 0 Å². The summed E-state index contributed by atoms with van der Waals surface area (Å²) < 4.78 is 11.3. The van der Waals surface area contributed by atoms with Gasteiger partial charge in [0.05, 0.1) is 41.0 Å². The summed E-state index contributed by atoms with van der Waals surface area (Å²) in [5.41, 5.74) is 1.90. The van der Waals surface area contributed by atoms with Gasteiger partial charge in [-0.15, -0.1) is 0 Å². The van der Waals surface area contributed by atoms with Crippen LogP contribution in [0, 0.1) is 5.92 Å². The zero-order chi connectivity index (χ0) is 34.1. The molecule has 0 radical (unpaired) electrons. The first kappa shape index (κ1) is 32.7. The molecule has 1 fully saturated rings. The van der Waals surface area contributed by atoms with Crippen LogP contribution in [0.2, 0.25) is 0 Å². The van der Waals surface area contributed by atoms with Gasteiger partial charge in [-0.1, -0.05) is 35.2 Å². The molecule has 1 aromatic heterocycles. The third-order valence-corrected chi connectivity index (χ3v) is 10.5. The number of imide groups is 1. The average Bonchev–Trinajstić information content (AvgIpc) is 3.52. The fourth-order valence-corrected chi connectivity index (χ4v) is 8.53. The minimum absolute atomic E-state index is 0.00978. The molecule has 14 heteroatoms. The van der Waals surface area contributed by atoms with Gasteiger partial charge in [-0.2, -0.15) is 0 Å². The number of anilines is 2. The van der Waals surface area contributed by atoms with Crippen LogP contribution in [0.1, 0.15) is 50.9 Å². The predicted molar refractivity (Wildman–Crippen MR) is 178 cm³/mol. The second-order valence-electron chi connectivity index (χ2n) is 10.9. The van der Waals surface area contributed by atoms with E-state index < -0.39 is 51.6 Å². The molecular weight excluding hydrogens is 659 g/mol. The van der Waals surface area contributed by atoms with Crippen LogP contribution in [-0.2, 0) is 30.4 Å². The summed E-state index contributed by atoms with van der Waals surface area (Å²) in [5, 5.41) is 12.2. The molecule has 2 aliphatic heterocycles. The first-order valence-corrected chi connectivity index (χ1v) is 16.7. The third-order valence-electron chi connectivity index (χ3n) is 7.92. The largest absolute Gasteiger partial charge is 0.508 e. The van der Waals surface area contributed by atoms with Gasteiger partial charge in [-0.3, -0.25) is 23.7 Å². The number of thiazole rings is 1. The summed E-state index contributed by atoms with van der Waals surface area (Å²) in [6.07, 6.45) is 0. The first-order chi connectivity index (χ1) is 23.1. The number of fused-ring (bicyclic) bond motifs is 2. The summed E-state index contributed by atoms with van der Waals surface area (Å²) >= 11 is 1.97. The Hall–Kier alpha value is -5.21. The number of amides is 3. The Labute approximate surface area is 282 Å². The highest BCUT2D eigenvalue weighted by Gasteiger charge is 2.56. The van der Waals surface area contributed by atoms with Crippen LogP contribution in [-0.4, -0.2) is 57.8 Å². The zero-order valence-corrected chi connectivity index (χ0v) is 27.3. The number of hydrogen-bond donors (Lipinski definition) is 2. The maximum atomic E-state index is 14.1. The van der Waals surface area contributed by atoms with Crippen molar-refractivity contribution in [2.45, 2.75) is 36.6 Å². The average molecular weight is 688 g/mol. The number of hydrogen-bond acceptors (Lipinski definition) is 11. The van der Waals surface area contributed by atoms with Crippen LogP contribution >= 0.6 is 23.1 Å². The van der Waals surface area contributed by atoms with Crippen molar-refractivity contribution in [2.75, 3.05) is 23.4 Å². The molecule has 246 valence electrons. The molecule has 2 unspecified atom stereocenters. The molecule has 4 aromatic rings. The number of benzene rings is 3. The highest BCUT2D eigenvalue weighted by molar-refractivity contribution is 8.00. The smallest absolute Gasteiger partial charge is 0.338 e. The molecule has 6 rings (SSSR count). The summed E-state index contributed by atoms with van der Waals surface area (Å²) in [6.45, 7) is 3.46. The van der Waals surface area contributed by atoms with Gasteiger partial charge in [0.1, 0.15) is 17.5 Å². The number of phenols is 1. The number of rotatable bonds is 9. The number of nitrogens with one attached hydrogen (secondary N) is 1. The molecule has 3 amide bonds. The first-order valence-electron chi connectivity index (χ1n) is 15.0. The van der Waals surface area contributed by atoms with Gasteiger partial charge >= 0.3 is 16.8 Å². The minimum Gasteiger partial charge on any atom is -0.508 e. The lowest BCUT2D eigenvalue weighted by atomic mass is 9.83. The van der Waals surface area contributed by atoms with Crippen LogP contribution in [0.25, 0.3) is 0 Å². The van der Waals surface area contributed by atoms with E-state index in [1.165, 1.54) is 53.1 Å². The topological polar surface area (TPSA) is 161 Å². The van der Waals surface area contributed by atoms with E-state index >= 15 is 0 Å². The second kappa shape index (κ2) is 13.5. The lowest BCUT2D eigenvalue weighted by Crippen LogP contribution is -2.33. The predicted octanol–water partition coefficient (Wildman–Crippen LogP) is 4.40. The Balaban J connectivity index is 1.31. The lowest BCUT2D eigenvalue weighted by Gasteiger charge is -2.30. The Morgan fingerprint density at radius 2 is 1.40 bits per heavy atom. The van der Waals surface area contributed by atoms with Gasteiger partial charge in [0.2, 0.25) is 17.7 Å². The number of carbonyl (C=O) groups is 5. The van der Waals surface area contributed by atoms with Gasteiger partial charge in [0, 0.05) is 16.5 Å². The number of ether oxygens (including phenoxy) is 2. The van der Waals surface area contributed by atoms with E-state index in [0.29, 0.717) is 26.7 Å². The maximum Gasteiger partial charge on any atom is 0.338 e. The summed E-state index contributed by atoms with van der Waals surface area (Å²) in [4.78, 5) is 79.9. The van der Waals surface area contributed by atoms with Crippen molar-refractivity contribution in [3.63, 3.8) is 0 Å². The number of thioether (sulfide) groups is 1. The Morgan fingerprint density at radius 1 is 0.812 bits per heavy atom. The Morgan fingerprint density at radius 3 is 1.98 bits per heavy atom. The minimum atomic E-state index is -0.924. The van der Waals surface area contributed by atoms with E-state index in [1.54, 1.807) is 38.1 Å². The molecule has 0 aliphatic carbocycles. The van der Waals surface area contributed by atoms with Crippen molar-refractivity contribution in [3.05, 3.63) is 104 Å². The molecule has 3 atom stereocenters. The normalized spacial score (nSPS) is 18.2. The number of aromatic hydroxyl groups is 1. The molecule has 3 heterocycles. The number of aromatic nitrogens is 1. The van der Waals surface area contributed by atoms with Crippen molar-refractivity contribution in [2.24, 2.45) is 5.92 Å². The van der Waals surface area contributed by atoms with E-state index in [1.807, 2.05) is 0 Å². The van der Waals surface area contributed by atoms with E-state index in [9.17, 15) is 33.9 Å². The number of phenolic OH excluding ortho intramolecular Hbond substituents is 1. The highest BCUT2D eigenvalue weighted by Crippen LogP contribution is 2.54. The number of esters is 2. The molecule has 2 N–H and O–H groups in total. The molecule has 12 nitrogen and oxygen atoms in total. The SMILES string of the molecule is CCOC(=O)c1ccc(NC(=O)Cn2c3c(sc2=O)[C@@H](c2ccc(O)cc2)C2C(=O)N(c4ccc(C(=O)OCC)cc4)C(=O)C2S3)cc1. The van der Waals surface area contributed by atoms with E-state index in [2.05, 4.69) is 5.32 Å². The fourth-order valence-electron chi connectivity index (χ4n) is 5.76. The van der Waals surface area contributed by atoms with Crippen molar-refractivity contribution >= 4 is 64.1 Å². The monoisotopic (exact) mass is 687 g/mol. The number of carbonyl (C=O) groups excluding carboxylic acids is 5. The third kappa shape index (κ3) is 6.11. The zero-order valence-electron chi connectivity index (χ0n) is 25.7. The standard InChI is InChI=1S/C34H29N3O9S2/c1-3-45-32(42)19-5-11-21(12-6-19)35-24(39)17-36-31-28(48-34(36)44)25(18-9-15-23(38)16-10-18)26-27(47-31)30(41)37(29(26)40)22-13-7-20(8-14-22)33(43)46-4-2/h5-16,25-27,38H,3-4,17H2,1-2H3,(H,35,39)/t25-,26?,27?/m0/s1. The molecule has 3 aromatic carbocycles. The summed E-state index contributed by atoms with van der Waals surface area (Å²) in [5.74, 6) is -4.09. The fraction of sp³-hybridized carbons (Fsp3) is 0.235. The lowest BCUT2D eigenvalue weighted by molar-refractivity contribution is -0.122. The van der Waals surface area contributed by atoms with Gasteiger partial charge in [-0.25, -0.2) is 14.5 Å². The molecule has 1 saturated heterocycles. The van der Waals surface area contributed by atoms with Crippen LogP contribution in [0.4, 0.5) is 11.4 Å². The molecule has 0 saturated carbocycles. The van der Waals surface area contributed by atoms with Crippen LogP contribution in [0.5, 0.6) is 5.75 Å². The Bertz CT molecular complexity index is 1970. The van der Waals surface area contributed by atoms with Crippen molar-refractivity contribution < 1.29 is 38.6 Å². The van der Waals surface area contributed by atoms with Gasteiger partial charge < -0.3 is 19.9 Å².